The van der Waals surface area contributed by atoms with Crippen molar-refractivity contribution in [1.82, 2.24) is 0 Å². The van der Waals surface area contributed by atoms with Gasteiger partial charge in [-0.3, -0.25) is 0 Å². The normalized spacial score (nSPS) is 16.2. The predicted octanol–water partition coefficient (Wildman–Crippen LogP) is 0.383. The summed E-state index contributed by atoms with van der Waals surface area (Å²) in [7, 11) is 0. The van der Waals surface area contributed by atoms with E-state index in [0.717, 1.165) is 6.08 Å². The summed E-state index contributed by atoms with van der Waals surface area (Å²) in [5.41, 5.74) is -1.82. The monoisotopic (exact) mass is 194 g/mol. The van der Waals surface area contributed by atoms with Gasteiger partial charge in [-0.1, -0.05) is 22.5 Å². The van der Waals surface area contributed by atoms with Crippen LogP contribution in [0.25, 0.3) is 0 Å². The maximum atomic E-state index is 10.1. The fraction of sp³-hybridized carbons (Fsp3) is 0.400. The van der Waals surface area contributed by atoms with Gasteiger partial charge < -0.3 is 10.2 Å². The minimum atomic E-state index is -1.82. The van der Waals surface area contributed by atoms with Gasteiger partial charge in [0.15, 0.2) is 5.60 Å². The fourth-order valence-electron chi connectivity index (χ4n) is 0.199. The molecule has 0 radical (unpaired) electrons. The maximum Gasteiger partial charge on any atom is 0.340 e. The highest BCUT2D eigenvalue weighted by molar-refractivity contribution is 9.09. The van der Waals surface area contributed by atoms with E-state index in [2.05, 4.69) is 22.5 Å². The second-order valence-electron chi connectivity index (χ2n) is 1.57. The molecule has 0 aromatic heterocycles. The summed E-state index contributed by atoms with van der Waals surface area (Å²) >= 11 is 2.83. The van der Waals surface area contributed by atoms with Gasteiger partial charge in [-0.2, -0.15) is 0 Å². The Morgan fingerprint density at radius 3 is 2.33 bits per heavy atom. The topological polar surface area (TPSA) is 57.5 Å². The Balaban J connectivity index is 4.27. The van der Waals surface area contributed by atoms with E-state index < -0.39 is 11.6 Å². The second kappa shape index (κ2) is 2.98. The lowest BCUT2D eigenvalue weighted by molar-refractivity contribution is -0.151. The van der Waals surface area contributed by atoms with Gasteiger partial charge in [0.05, 0.1) is 0 Å². The first-order valence-electron chi connectivity index (χ1n) is 2.22. The van der Waals surface area contributed by atoms with Gasteiger partial charge in [-0.15, -0.1) is 0 Å². The van der Waals surface area contributed by atoms with Crippen LogP contribution < -0.4 is 0 Å². The number of halogens is 1. The average Bonchev–Trinajstić information content (AvgIpc) is 1.86. The Morgan fingerprint density at radius 1 is 1.89 bits per heavy atom. The summed E-state index contributed by atoms with van der Waals surface area (Å²) in [6.45, 7) is 3.16. The molecule has 0 aromatic carbocycles. The molecule has 0 aromatic rings. The Labute approximate surface area is 61.1 Å². The van der Waals surface area contributed by atoms with Crippen molar-refractivity contribution < 1.29 is 15.0 Å². The van der Waals surface area contributed by atoms with E-state index in [1.807, 2.05) is 0 Å². The van der Waals surface area contributed by atoms with Crippen LogP contribution in [0.4, 0.5) is 0 Å². The van der Waals surface area contributed by atoms with E-state index >= 15 is 0 Å². The number of carboxylic acids is 1. The van der Waals surface area contributed by atoms with E-state index in [9.17, 15) is 4.79 Å². The third-order valence-corrected chi connectivity index (χ3v) is 1.77. The van der Waals surface area contributed by atoms with Crippen molar-refractivity contribution >= 4 is 21.9 Å². The first-order valence-corrected chi connectivity index (χ1v) is 3.34. The van der Waals surface area contributed by atoms with Crippen molar-refractivity contribution in [3.8, 4) is 0 Å². The summed E-state index contributed by atoms with van der Waals surface area (Å²) in [4.78, 5) is 10.1. The summed E-state index contributed by atoms with van der Waals surface area (Å²) in [6.07, 6.45) is 0.976. The smallest absolute Gasteiger partial charge is 0.340 e. The van der Waals surface area contributed by atoms with E-state index in [4.69, 9.17) is 10.2 Å². The van der Waals surface area contributed by atoms with Crippen LogP contribution in [0, 0.1) is 0 Å². The molecule has 0 spiro atoms. The molecule has 0 aliphatic rings. The molecule has 0 saturated carbocycles. The van der Waals surface area contributed by atoms with Crippen molar-refractivity contribution in [2.75, 3.05) is 5.33 Å². The number of hydrogen-bond donors (Lipinski definition) is 2. The van der Waals surface area contributed by atoms with Gasteiger partial charge in [0, 0.05) is 5.33 Å². The summed E-state index contributed by atoms with van der Waals surface area (Å²) in [5, 5.41) is 17.2. The van der Waals surface area contributed by atoms with Crippen molar-refractivity contribution in [3.63, 3.8) is 0 Å². The second-order valence-corrected chi connectivity index (χ2v) is 2.13. The number of alkyl halides is 1. The molecule has 0 aliphatic carbocycles. The standard InChI is InChI=1S/C5H7BrO3/c1-2-5(9,3-6)4(7)8/h2,9H,1,3H2,(H,7,8)/t5-/m0/s1. The lowest BCUT2D eigenvalue weighted by Crippen LogP contribution is -2.37. The third kappa shape index (κ3) is 1.80. The van der Waals surface area contributed by atoms with Crippen molar-refractivity contribution in [2.24, 2.45) is 0 Å². The Hall–Kier alpha value is -0.350. The van der Waals surface area contributed by atoms with Gasteiger partial charge in [0.25, 0.3) is 0 Å². The molecule has 0 bridgehead atoms. The molecule has 9 heavy (non-hydrogen) atoms. The van der Waals surface area contributed by atoms with Gasteiger partial charge in [-0.05, 0) is 6.08 Å². The Kier molecular flexibility index (Phi) is 2.87. The highest BCUT2D eigenvalue weighted by atomic mass is 79.9. The summed E-state index contributed by atoms with van der Waals surface area (Å²) in [6, 6.07) is 0. The van der Waals surface area contributed by atoms with E-state index in [1.165, 1.54) is 0 Å². The Bertz CT molecular complexity index is 134. The molecule has 1 atom stereocenters. The molecule has 0 amide bonds. The molecular weight excluding hydrogens is 188 g/mol. The molecule has 0 saturated heterocycles. The molecule has 4 heteroatoms. The number of hydrogen-bond acceptors (Lipinski definition) is 2. The minimum Gasteiger partial charge on any atom is -0.479 e. The zero-order valence-electron chi connectivity index (χ0n) is 4.67. The largest absolute Gasteiger partial charge is 0.479 e. The SMILES string of the molecule is C=C[C@](O)(CBr)C(=O)O. The van der Waals surface area contributed by atoms with Crippen LogP contribution in [0.15, 0.2) is 12.7 Å². The minimum absolute atomic E-state index is 0.0428. The quantitative estimate of drug-likeness (QED) is 0.505. The molecule has 0 rings (SSSR count). The van der Waals surface area contributed by atoms with Crippen LogP contribution >= 0.6 is 15.9 Å². The third-order valence-electron chi connectivity index (χ3n) is 0.912. The highest BCUT2D eigenvalue weighted by Crippen LogP contribution is 2.08. The summed E-state index contributed by atoms with van der Waals surface area (Å²) in [5.74, 6) is -1.30. The molecule has 3 nitrogen and oxygen atoms in total. The molecule has 0 unspecified atom stereocenters. The van der Waals surface area contributed by atoms with E-state index in [1.54, 1.807) is 0 Å². The highest BCUT2D eigenvalue weighted by Gasteiger charge is 2.30. The molecular formula is C5H7BrO3. The van der Waals surface area contributed by atoms with Gasteiger partial charge >= 0.3 is 5.97 Å². The summed E-state index contributed by atoms with van der Waals surface area (Å²) < 4.78 is 0. The Morgan fingerprint density at radius 2 is 2.33 bits per heavy atom. The number of carbonyl (C=O) groups is 1. The van der Waals surface area contributed by atoms with Crippen LogP contribution in [-0.2, 0) is 4.79 Å². The van der Waals surface area contributed by atoms with Gasteiger partial charge in [0.1, 0.15) is 0 Å². The van der Waals surface area contributed by atoms with Crippen LogP contribution in [0.2, 0.25) is 0 Å². The van der Waals surface area contributed by atoms with Crippen LogP contribution in [-0.4, -0.2) is 27.1 Å². The average molecular weight is 195 g/mol. The number of carboxylic acid groups (broad SMARTS) is 1. The lowest BCUT2D eigenvalue weighted by Gasteiger charge is -2.13. The van der Waals surface area contributed by atoms with Crippen molar-refractivity contribution in [3.05, 3.63) is 12.7 Å². The van der Waals surface area contributed by atoms with E-state index in [0.29, 0.717) is 0 Å². The molecule has 0 heterocycles. The lowest BCUT2D eigenvalue weighted by atomic mass is 10.1. The van der Waals surface area contributed by atoms with Crippen molar-refractivity contribution in [1.29, 1.82) is 0 Å². The molecule has 2 N–H and O–H groups in total. The van der Waals surface area contributed by atoms with E-state index in [-0.39, 0.29) is 5.33 Å². The molecule has 0 aliphatic heterocycles. The first-order chi connectivity index (χ1) is 4.06. The van der Waals surface area contributed by atoms with Crippen molar-refractivity contribution in [2.45, 2.75) is 5.60 Å². The van der Waals surface area contributed by atoms with Gasteiger partial charge in [0.2, 0.25) is 0 Å². The van der Waals surface area contributed by atoms with Crippen LogP contribution in [0.1, 0.15) is 0 Å². The molecule has 0 fully saturated rings. The fourth-order valence-corrected chi connectivity index (χ4v) is 0.668. The number of aliphatic carboxylic acids is 1. The van der Waals surface area contributed by atoms with Gasteiger partial charge in [-0.25, -0.2) is 4.79 Å². The molecule has 52 valence electrons. The number of aliphatic hydroxyl groups is 1. The maximum absolute atomic E-state index is 10.1. The van der Waals surface area contributed by atoms with Crippen LogP contribution in [0.5, 0.6) is 0 Å². The number of rotatable bonds is 3. The first kappa shape index (κ1) is 8.65. The predicted molar refractivity (Wildman–Crippen MR) is 36.6 cm³/mol. The zero-order chi connectivity index (χ0) is 7.49. The van der Waals surface area contributed by atoms with Crippen LogP contribution in [0.3, 0.4) is 0 Å². The zero-order valence-corrected chi connectivity index (χ0v) is 6.26.